The fourth-order valence-corrected chi connectivity index (χ4v) is 5.97. The maximum Gasteiger partial charge on any atom is 0.407 e. The Bertz CT molecular complexity index is 1390. The molecule has 0 spiro atoms. The first-order valence-electron chi connectivity index (χ1n) is 14.2. The van der Waals surface area contributed by atoms with Crippen molar-refractivity contribution < 1.29 is 33.3 Å². The summed E-state index contributed by atoms with van der Waals surface area (Å²) in [7, 11) is 4.49. The van der Waals surface area contributed by atoms with Crippen LogP contribution in [0.15, 0.2) is 12.3 Å². The number of carbonyl (C=O) groups is 3. The van der Waals surface area contributed by atoms with Crippen LogP contribution in [0.3, 0.4) is 0 Å². The van der Waals surface area contributed by atoms with Crippen LogP contribution in [0.5, 0.6) is 11.5 Å². The molecule has 3 atom stereocenters. The van der Waals surface area contributed by atoms with Gasteiger partial charge in [0, 0.05) is 30.9 Å². The Balaban J connectivity index is 1.59. The van der Waals surface area contributed by atoms with Crippen molar-refractivity contribution in [2.75, 3.05) is 43.0 Å². The van der Waals surface area contributed by atoms with Crippen molar-refractivity contribution in [3.8, 4) is 11.5 Å². The molecule has 2 aromatic rings. The number of benzene rings is 1. The molecule has 3 unspecified atom stereocenters. The van der Waals surface area contributed by atoms with Gasteiger partial charge in [0.15, 0.2) is 0 Å². The van der Waals surface area contributed by atoms with Crippen molar-refractivity contribution in [3.63, 3.8) is 0 Å². The first kappa shape index (κ1) is 33.2. The number of anilines is 3. The van der Waals surface area contributed by atoms with Crippen LogP contribution in [0.2, 0.25) is 10.0 Å². The van der Waals surface area contributed by atoms with E-state index < -0.39 is 23.8 Å². The minimum Gasteiger partial charge on any atom is -0.495 e. The van der Waals surface area contributed by atoms with Gasteiger partial charge in [-0.3, -0.25) is 14.6 Å². The average Bonchev–Trinajstić information content (AvgIpc) is 2.96. The van der Waals surface area contributed by atoms with Crippen molar-refractivity contribution in [2.24, 2.45) is 5.92 Å². The van der Waals surface area contributed by atoms with Crippen LogP contribution in [0.25, 0.3) is 0 Å². The molecule has 15 heteroatoms. The van der Waals surface area contributed by atoms with E-state index in [2.05, 4.69) is 20.6 Å². The van der Waals surface area contributed by atoms with Crippen molar-refractivity contribution in [2.45, 2.75) is 71.2 Å². The van der Waals surface area contributed by atoms with Gasteiger partial charge in [0.25, 0.3) is 0 Å². The van der Waals surface area contributed by atoms with Crippen molar-refractivity contribution in [1.82, 2.24) is 15.3 Å². The molecule has 44 heavy (non-hydrogen) atoms. The number of amides is 3. The number of aromatic nitrogens is 2. The number of hydrogen-bond acceptors (Lipinski definition) is 10. The number of esters is 1. The quantitative estimate of drug-likeness (QED) is 0.355. The Morgan fingerprint density at radius 1 is 1.09 bits per heavy atom. The third kappa shape index (κ3) is 7.15. The van der Waals surface area contributed by atoms with Crippen molar-refractivity contribution >= 4 is 58.7 Å². The minimum absolute atomic E-state index is 0.0853. The fraction of sp³-hybridized carbons (Fsp3) is 0.552. The maximum atomic E-state index is 13.6. The lowest BCUT2D eigenvalue weighted by Gasteiger charge is -2.37. The second kappa shape index (κ2) is 13.5. The molecule has 1 aliphatic heterocycles. The van der Waals surface area contributed by atoms with E-state index in [-0.39, 0.29) is 52.8 Å². The highest BCUT2D eigenvalue weighted by molar-refractivity contribution is 6.42. The molecule has 2 N–H and O–H groups in total. The van der Waals surface area contributed by atoms with Crippen LogP contribution in [0.4, 0.5) is 27.0 Å². The van der Waals surface area contributed by atoms with E-state index in [1.165, 1.54) is 24.0 Å². The normalized spacial score (nSPS) is 20.0. The van der Waals surface area contributed by atoms with Gasteiger partial charge in [-0.15, -0.1) is 0 Å². The summed E-state index contributed by atoms with van der Waals surface area (Å²) in [5, 5.41) is 6.51. The number of urea groups is 1. The Labute approximate surface area is 266 Å². The van der Waals surface area contributed by atoms with Gasteiger partial charge in [0.1, 0.15) is 33.0 Å². The number of methoxy groups -OCH3 is 2. The lowest BCUT2D eigenvalue weighted by Crippen LogP contribution is -2.52. The third-order valence-corrected chi connectivity index (χ3v) is 8.04. The van der Waals surface area contributed by atoms with E-state index in [0.717, 1.165) is 0 Å². The molecule has 0 saturated heterocycles. The number of ether oxygens (including phenoxy) is 4. The smallest absolute Gasteiger partial charge is 0.407 e. The van der Waals surface area contributed by atoms with E-state index in [1.807, 2.05) is 0 Å². The van der Waals surface area contributed by atoms with Crippen molar-refractivity contribution in [3.05, 3.63) is 27.9 Å². The summed E-state index contributed by atoms with van der Waals surface area (Å²) in [6, 6.07) is 0.316. The molecule has 0 radical (unpaired) electrons. The van der Waals surface area contributed by atoms with Gasteiger partial charge in [-0.25, -0.2) is 14.6 Å². The molecular weight excluding hydrogens is 615 g/mol. The SMILES string of the molecule is CCOC(=O)C1CCC(Nc2ncc3c(n2)N(C)C(=O)N(c2c(Cl)c(OC)cc(OC)c2Cl)C3)C(NC(=O)OC(C)(C)C)C1. The highest BCUT2D eigenvalue weighted by atomic mass is 35.5. The number of nitrogens with one attached hydrogen (secondary N) is 2. The molecule has 1 saturated carbocycles. The Morgan fingerprint density at radius 2 is 1.75 bits per heavy atom. The van der Waals surface area contributed by atoms with E-state index in [4.69, 9.17) is 42.1 Å². The topological polar surface area (TPSA) is 144 Å². The zero-order valence-electron chi connectivity index (χ0n) is 25.8. The Morgan fingerprint density at radius 3 is 2.34 bits per heavy atom. The summed E-state index contributed by atoms with van der Waals surface area (Å²) >= 11 is 13.2. The van der Waals surface area contributed by atoms with Crippen LogP contribution >= 0.6 is 23.2 Å². The van der Waals surface area contributed by atoms with Gasteiger partial charge in [-0.05, 0) is 47.0 Å². The number of rotatable bonds is 8. The van der Waals surface area contributed by atoms with E-state index in [1.54, 1.807) is 47.0 Å². The highest BCUT2D eigenvalue weighted by Gasteiger charge is 2.38. The van der Waals surface area contributed by atoms with Gasteiger partial charge in [0.05, 0.1) is 45.0 Å². The average molecular weight is 654 g/mol. The van der Waals surface area contributed by atoms with Crippen molar-refractivity contribution in [1.29, 1.82) is 0 Å². The zero-order chi connectivity index (χ0) is 32.3. The summed E-state index contributed by atoms with van der Waals surface area (Å²) < 4.78 is 21.4. The molecule has 1 aliphatic carbocycles. The molecular formula is C29H38Cl2N6O7. The summed E-state index contributed by atoms with van der Waals surface area (Å²) in [5.74, 6) is 0.570. The first-order valence-corrected chi connectivity index (χ1v) is 15.0. The molecule has 2 heterocycles. The standard InChI is InChI=1S/C29H38Cl2N6O7/c1-8-43-25(38)15-9-10-17(18(11-15)34-27(39)44-29(2,3)4)33-26-32-13-16-14-37(28(40)36(5)24(16)35-26)23-21(30)19(41-6)12-20(42-7)22(23)31/h12-13,15,17-18H,8-11,14H2,1-7H3,(H,34,39)(H,32,33,35). The van der Waals surface area contributed by atoms with Crippen LogP contribution in [-0.2, 0) is 20.8 Å². The fourth-order valence-electron chi connectivity index (χ4n) is 5.26. The first-order chi connectivity index (χ1) is 20.8. The molecule has 1 fully saturated rings. The zero-order valence-corrected chi connectivity index (χ0v) is 27.3. The Kier molecular flexibility index (Phi) is 10.2. The molecule has 3 amide bonds. The molecule has 1 aromatic heterocycles. The van der Waals surface area contributed by atoms with Crippen LogP contribution < -0.4 is 29.9 Å². The predicted octanol–water partition coefficient (Wildman–Crippen LogP) is 5.41. The number of alkyl carbamates (subject to hydrolysis) is 1. The Hall–Kier alpha value is -3.71. The lowest BCUT2D eigenvalue weighted by atomic mass is 9.82. The molecule has 13 nitrogen and oxygen atoms in total. The second-order valence-electron chi connectivity index (χ2n) is 11.5. The van der Waals surface area contributed by atoms with E-state index >= 15 is 0 Å². The van der Waals surface area contributed by atoms with E-state index in [9.17, 15) is 14.4 Å². The third-order valence-electron chi connectivity index (χ3n) is 7.31. The summed E-state index contributed by atoms with van der Waals surface area (Å²) in [6.07, 6.45) is 2.44. The number of nitrogens with zero attached hydrogens (tertiary/aromatic N) is 4. The lowest BCUT2D eigenvalue weighted by molar-refractivity contribution is -0.149. The summed E-state index contributed by atoms with van der Waals surface area (Å²) in [4.78, 5) is 50.7. The van der Waals surface area contributed by atoms with E-state index in [0.29, 0.717) is 42.1 Å². The second-order valence-corrected chi connectivity index (χ2v) is 12.2. The number of halogens is 2. The largest absolute Gasteiger partial charge is 0.495 e. The summed E-state index contributed by atoms with van der Waals surface area (Å²) in [5.41, 5.74) is 0.184. The molecule has 240 valence electrons. The number of hydrogen-bond donors (Lipinski definition) is 2. The van der Waals surface area contributed by atoms with Gasteiger partial charge in [-0.1, -0.05) is 23.2 Å². The monoisotopic (exact) mass is 652 g/mol. The van der Waals surface area contributed by atoms with Gasteiger partial charge < -0.3 is 29.6 Å². The van der Waals surface area contributed by atoms with Gasteiger partial charge in [-0.2, -0.15) is 4.98 Å². The summed E-state index contributed by atoms with van der Waals surface area (Å²) in [6.45, 7) is 7.44. The van der Waals surface area contributed by atoms with Crippen LogP contribution in [-0.4, -0.2) is 73.6 Å². The van der Waals surface area contributed by atoms with Crippen LogP contribution in [0, 0.1) is 5.92 Å². The molecule has 0 bridgehead atoms. The molecule has 2 aliphatic rings. The van der Waals surface area contributed by atoms with Gasteiger partial charge >= 0.3 is 18.1 Å². The number of fused-ring (bicyclic) bond motifs is 1. The van der Waals surface area contributed by atoms with Crippen LogP contribution in [0.1, 0.15) is 52.5 Å². The van der Waals surface area contributed by atoms with Gasteiger partial charge in [0.2, 0.25) is 5.95 Å². The molecule has 4 rings (SSSR count). The highest BCUT2D eigenvalue weighted by Crippen LogP contribution is 2.47. The number of carbonyl (C=O) groups excluding carboxylic acids is 3. The maximum absolute atomic E-state index is 13.6. The molecule has 1 aromatic carbocycles. The minimum atomic E-state index is -0.695. The predicted molar refractivity (Wildman–Crippen MR) is 166 cm³/mol.